The number of rotatable bonds is 8. The second kappa shape index (κ2) is 11.7. The minimum absolute atomic E-state index is 0.726. The number of aliphatic hydroxyl groups is 1. The van der Waals surface area contributed by atoms with Crippen LogP contribution < -0.4 is 0 Å². The molecule has 16 nitrogen and oxygen atoms in total. The minimum atomic E-state index is -3.27. The first-order valence-electron chi connectivity index (χ1n) is 7.70. The molecular weight excluding hydrogens is 436 g/mol. The van der Waals surface area contributed by atoms with Crippen LogP contribution >= 0.6 is 0 Å². The molecule has 0 rings (SSSR count). The summed E-state index contributed by atoms with van der Waals surface area (Å²) in [6.07, 6.45) is -3.07. The zero-order chi connectivity index (χ0) is 24.4. The Bertz CT molecular complexity index is 777. The van der Waals surface area contributed by atoms with Crippen LogP contribution in [0.25, 0.3) is 0 Å². The maximum absolute atomic E-state index is 12.0. The lowest BCUT2D eigenvalue weighted by atomic mass is 9.96. The van der Waals surface area contributed by atoms with E-state index in [-0.39, 0.29) is 0 Å². The summed E-state index contributed by atoms with van der Waals surface area (Å²) in [7, 11) is 0. The Morgan fingerprint density at radius 2 is 0.839 bits per heavy atom. The number of carbonyl (C=O) groups is 9. The Morgan fingerprint density at radius 3 is 1.13 bits per heavy atom. The second-order valence-electron chi connectivity index (χ2n) is 5.45. The zero-order valence-corrected chi connectivity index (χ0v) is 16.0. The number of carbonyl (C=O) groups excluding carboxylic acids is 9. The van der Waals surface area contributed by atoms with Crippen LogP contribution in [0.15, 0.2) is 0 Å². The lowest BCUT2D eigenvalue weighted by molar-refractivity contribution is -0.277. The molecule has 0 amide bonds. The zero-order valence-electron chi connectivity index (χ0n) is 16.0. The molecule has 0 aromatic carbocycles. The van der Waals surface area contributed by atoms with Gasteiger partial charge in [0.05, 0.1) is 12.8 Å². The molecule has 0 bridgehead atoms. The van der Waals surface area contributed by atoms with Gasteiger partial charge in [-0.1, -0.05) is 0 Å². The maximum atomic E-state index is 12.0. The van der Waals surface area contributed by atoms with E-state index in [1.165, 1.54) is 0 Å². The van der Waals surface area contributed by atoms with Crippen molar-refractivity contribution in [2.45, 2.75) is 39.2 Å². The van der Waals surface area contributed by atoms with E-state index in [2.05, 4.69) is 29.3 Å². The van der Waals surface area contributed by atoms with Crippen LogP contribution in [0.4, 0.5) is 0 Å². The maximum Gasteiger partial charge on any atom is 0.421 e. The van der Waals surface area contributed by atoms with Gasteiger partial charge in [0.25, 0.3) is 0 Å². The monoisotopic (exact) mass is 450 g/mol. The topological polar surface area (TPSA) is 229 Å². The summed E-state index contributed by atoms with van der Waals surface area (Å²) >= 11 is 0. The van der Waals surface area contributed by atoms with Gasteiger partial charge in [-0.05, 0) is 0 Å². The first-order chi connectivity index (χ1) is 14.2. The average molecular weight is 450 g/mol. The van der Waals surface area contributed by atoms with Gasteiger partial charge < -0.3 is 5.11 Å². The molecule has 0 saturated heterocycles. The predicted octanol–water partition coefficient (Wildman–Crippen LogP) is -2.73. The molecule has 0 atom stereocenters. The van der Waals surface area contributed by atoms with E-state index in [0.29, 0.717) is 0 Å². The van der Waals surface area contributed by atoms with Gasteiger partial charge in [0.1, 0.15) is 0 Å². The highest BCUT2D eigenvalue weighted by Gasteiger charge is 2.46. The van der Waals surface area contributed by atoms with Gasteiger partial charge in [0.15, 0.2) is 5.60 Å². The number of hydrogen-bond acceptors (Lipinski definition) is 16. The highest BCUT2D eigenvalue weighted by molar-refractivity contribution is 6.33. The van der Waals surface area contributed by atoms with Gasteiger partial charge in [-0.3, -0.25) is 14.4 Å². The van der Waals surface area contributed by atoms with Gasteiger partial charge in [-0.2, -0.15) is 0 Å². The summed E-state index contributed by atoms with van der Waals surface area (Å²) in [5.74, 6) is -14.0. The minimum Gasteiger partial charge on any atom is -0.377 e. The summed E-state index contributed by atoms with van der Waals surface area (Å²) in [5, 5.41) is 10.3. The molecule has 0 aliphatic carbocycles. The van der Waals surface area contributed by atoms with Gasteiger partial charge in [0, 0.05) is 20.8 Å². The third-order valence-corrected chi connectivity index (χ3v) is 2.73. The second-order valence-corrected chi connectivity index (χ2v) is 5.45. The lowest BCUT2D eigenvalue weighted by Gasteiger charge is -2.21. The summed E-state index contributed by atoms with van der Waals surface area (Å²) in [5.41, 5.74) is -3.27. The van der Waals surface area contributed by atoms with Crippen LogP contribution in [0, 0.1) is 0 Å². The molecular formula is C15H14O16. The van der Waals surface area contributed by atoms with E-state index in [0.717, 1.165) is 20.8 Å². The van der Waals surface area contributed by atoms with Crippen molar-refractivity contribution >= 4 is 53.2 Å². The Kier molecular flexibility index (Phi) is 10.1. The van der Waals surface area contributed by atoms with Crippen molar-refractivity contribution in [3.63, 3.8) is 0 Å². The molecule has 0 heterocycles. The van der Waals surface area contributed by atoms with E-state index in [1.807, 2.05) is 0 Å². The SMILES string of the molecule is CC(=O)C(=O)OOC(=O)CC(O)(CC(=O)OOC(=O)C(C)=O)C(=O)OOC(=O)C(C)=O. The molecule has 0 spiro atoms. The summed E-state index contributed by atoms with van der Waals surface area (Å²) in [4.78, 5) is 123. The van der Waals surface area contributed by atoms with Gasteiger partial charge in [-0.15, -0.1) is 0 Å². The molecule has 0 fully saturated rings. The number of Topliss-reactive ketones (excluding diaryl/α,β-unsaturated/α-hetero) is 3. The van der Waals surface area contributed by atoms with Gasteiger partial charge in [-0.25, -0.2) is 58.1 Å². The fraction of sp³-hybridized carbons (Fsp3) is 0.400. The molecule has 0 aliphatic rings. The third kappa shape index (κ3) is 9.70. The standard InChI is InChI=1S/C15H14O16/c1-6(16)11(21)28-26-9(19)4-15(25,14(24)31-30-13(23)8(3)18)5-10(20)27-29-12(22)7(2)17/h25H,4-5H2,1-3H3. The van der Waals surface area contributed by atoms with Crippen molar-refractivity contribution in [2.24, 2.45) is 0 Å². The fourth-order valence-corrected chi connectivity index (χ4v) is 1.24. The Hall–Kier alpha value is -4.21. The molecule has 16 heteroatoms. The first-order valence-corrected chi connectivity index (χ1v) is 7.70. The van der Waals surface area contributed by atoms with E-state index < -0.39 is 71.6 Å². The molecule has 0 aromatic heterocycles. The van der Waals surface area contributed by atoms with Gasteiger partial charge in [0.2, 0.25) is 17.3 Å². The third-order valence-electron chi connectivity index (χ3n) is 2.73. The smallest absolute Gasteiger partial charge is 0.377 e. The summed E-state index contributed by atoms with van der Waals surface area (Å²) < 4.78 is 0. The van der Waals surface area contributed by atoms with Crippen molar-refractivity contribution in [3.8, 4) is 0 Å². The highest BCUT2D eigenvalue weighted by Crippen LogP contribution is 2.20. The predicted molar refractivity (Wildman–Crippen MR) is 82.8 cm³/mol. The normalized spacial score (nSPS) is 10.1. The van der Waals surface area contributed by atoms with E-state index in [9.17, 15) is 48.3 Å². The highest BCUT2D eigenvalue weighted by atomic mass is 17.2. The molecule has 0 radical (unpaired) electrons. The van der Waals surface area contributed by atoms with Crippen molar-refractivity contribution in [1.82, 2.24) is 0 Å². The quantitative estimate of drug-likeness (QED) is 0.225. The molecule has 0 aromatic rings. The molecule has 0 unspecified atom stereocenters. The Morgan fingerprint density at radius 1 is 0.548 bits per heavy atom. The molecule has 0 saturated carbocycles. The Labute approximate surface area is 171 Å². The van der Waals surface area contributed by atoms with Crippen LogP contribution in [0.3, 0.4) is 0 Å². The summed E-state index contributed by atoms with van der Waals surface area (Å²) in [6.45, 7) is 2.24. The van der Waals surface area contributed by atoms with Crippen LogP contribution in [-0.4, -0.2) is 63.9 Å². The van der Waals surface area contributed by atoms with E-state index >= 15 is 0 Å². The van der Waals surface area contributed by atoms with Crippen molar-refractivity contribution in [3.05, 3.63) is 0 Å². The average Bonchev–Trinajstić information content (AvgIpc) is 2.67. The van der Waals surface area contributed by atoms with Crippen LogP contribution in [0.2, 0.25) is 0 Å². The number of hydrogen-bond donors (Lipinski definition) is 1. The van der Waals surface area contributed by atoms with Crippen molar-refractivity contribution in [2.75, 3.05) is 0 Å². The molecule has 31 heavy (non-hydrogen) atoms. The summed E-state index contributed by atoms with van der Waals surface area (Å²) in [6, 6.07) is 0. The van der Waals surface area contributed by atoms with Crippen molar-refractivity contribution < 1.29 is 77.6 Å². The largest absolute Gasteiger partial charge is 0.421 e. The Balaban J connectivity index is 5.31. The van der Waals surface area contributed by atoms with E-state index in [1.54, 1.807) is 0 Å². The number of ketones is 3. The van der Waals surface area contributed by atoms with Crippen molar-refractivity contribution in [1.29, 1.82) is 0 Å². The fourth-order valence-electron chi connectivity index (χ4n) is 1.24. The van der Waals surface area contributed by atoms with Crippen LogP contribution in [-0.2, 0) is 72.5 Å². The molecule has 1 N–H and O–H groups in total. The van der Waals surface area contributed by atoms with Crippen LogP contribution in [0.5, 0.6) is 0 Å². The van der Waals surface area contributed by atoms with E-state index in [4.69, 9.17) is 0 Å². The molecule has 170 valence electrons. The lowest BCUT2D eigenvalue weighted by Crippen LogP contribution is -2.45. The van der Waals surface area contributed by atoms with Gasteiger partial charge >= 0.3 is 35.8 Å². The first kappa shape index (κ1) is 26.8. The van der Waals surface area contributed by atoms with Crippen LogP contribution in [0.1, 0.15) is 33.6 Å². The molecule has 0 aliphatic heterocycles.